The van der Waals surface area contributed by atoms with Crippen LogP contribution in [0.2, 0.25) is 0 Å². The molecule has 1 N–H and O–H groups in total. The molecule has 7 nitrogen and oxygen atoms in total. The molecule has 1 aromatic heterocycles. The number of nitrogens with zero attached hydrogens (tertiary/aromatic N) is 2. The van der Waals surface area contributed by atoms with Crippen LogP contribution in [0.5, 0.6) is 0 Å². The SMILES string of the molecule is CCCC1(COC)CCCN1S(=O)(=O)c1ccc(C(=O)O)nc1. The number of sulfonamides is 1. The van der Waals surface area contributed by atoms with Gasteiger partial charge in [0, 0.05) is 19.9 Å². The van der Waals surface area contributed by atoms with Crippen molar-refractivity contribution in [1.29, 1.82) is 0 Å². The first kappa shape index (κ1) is 17.8. The molecule has 1 fully saturated rings. The van der Waals surface area contributed by atoms with Gasteiger partial charge >= 0.3 is 5.97 Å². The second-order valence-corrected chi connectivity index (χ2v) is 7.63. The summed E-state index contributed by atoms with van der Waals surface area (Å²) >= 11 is 0. The van der Waals surface area contributed by atoms with E-state index < -0.39 is 21.5 Å². The molecule has 8 heteroatoms. The van der Waals surface area contributed by atoms with Gasteiger partial charge < -0.3 is 9.84 Å². The van der Waals surface area contributed by atoms with Gasteiger partial charge in [0.25, 0.3) is 0 Å². The summed E-state index contributed by atoms with van der Waals surface area (Å²) in [5, 5.41) is 8.87. The Morgan fingerprint density at radius 2 is 2.22 bits per heavy atom. The van der Waals surface area contributed by atoms with Crippen molar-refractivity contribution in [3.05, 3.63) is 24.0 Å². The van der Waals surface area contributed by atoms with E-state index in [1.807, 2.05) is 6.92 Å². The third kappa shape index (κ3) is 3.39. The third-order valence-corrected chi connectivity index (χ3v) is 6.19. The van der Waals surface area contributed by atoms with Gasteiger partial charge in [0.05, 0.1) is 12.1 Å². The number of ether oxygens (including phenoxy) is 1. The zero-order chi connectivity index (χ0) is 17.1. The van der Waals surface area contributed by atoms with Crippen LogP contribution in [0, 0.1) is 0 Å². The Bertz CT molecular complexity index is 651. The van der Waals surface area contributed by atoms with Gasteiger partial charge in [-0.25, -0.2) is 18.2 Å². The molecule has 2 rings (SSSR count). The Kier molecular flexibility index (Phi) is 5.38. The summed E-state index contributed by atoms with van der Waals surface area (Å²) in [5.74, 6) is -1.19. The van der Waals surface area contributed by atoms with Gasteiger partial charge in [-0.3, -0.25) is 0 Å². The molecule has 1 aliphatic heterocycles. The number of carbonyl (C=O) groups is 1. The van der Waals surface area contributed by atoms with Gasteiger partial charge in [-0.05, 0) is 31.4 Å². The molecule has 128 valence electrons. The van der Waals surface area contributed by atoms with Gasteiger partial charge in [-0.15, -0.1) is 0 Å². The largest absolute Gasteiger partial charge is 0.477 e. The predicted molar refractivity (Wildman–Crippen MR) is 83.8 cm³/mol. The fourth-order valence-corrected chi connectivity index (χ4v) is 5.07. The Hall–Kier alpha value is -1.51. The smallest absolute Gasteiger partial charge is 0.354 e. The second-order valence-electron chi connectivity index (χ2n) is 5.77. The van der Waals surface area contributed by atoms with Crippen LogP contribution in [-0.4, -0.2) is 54.6 Å². The molecule has 0 aliphatic carbocycles. The number of hydrogen-bond acceptors (Lipinski definition) is 5. The molecule has 0 saturated carbocycles. The van der Waals surface area contributed by atoms with Crippen molar-refractivity contribution in [2.24, 2.45) is 0 Å². The van der Waals surface area contributed by atoms with Crippen LogP contribution in [0.15, 0.2) is 23.2 Å². The zero-order valence-electron chi connectivity index (χ0n) is 13.4. The molecular weight excluding hydrogens is 320 g/mol. The lowest BCUT2D eigenvalue weighted by atomic mass is 9.93. The fourth-order valence-electron chi connectivity index (χ4n) is 3.28. The van der Waals surface area contributed by atoms with E-state index >= 15 is 0 Å². The van der Waals surface area contributed by atoms with E-state index in [9.17, 15) is 13.2 Å². The first-order valence-electron chi connectivity index (χ1n) is 7.58. The number of aromatic carboxylic acids is 1. The van der Waals surface area contributed by atoms with Crippen molar-refractivity contribution in [2.45, 2.75) is 43.0 Å². The Morgan fingerprint density at radius 3 is 2.74 bits per heavy atom. The first-order valence-corrected chi connectivity index (χ1v) is 9.02. The van der Waals surface area contributed by atoms with E-state index in [4.69, 9.17) is 9.84 Å². The van der Waals surface area contributed by atoms with E-state index in [1.165, 1.54) is 16.4 Å². The van der Waals surface area contributed by atoms with Crippen LogP contribution >= 0.6 is 0 Å². The van der Waals surface area contributed by atoms with Crippen LogP contribution in [0.3, 0.4) is 0 Å². The Balaban J connectivity index is 2.38. The van der Waals surface area contributed by atoms with Gasteiger partial charge in [0.2, 0.25) is 10.0 Å². The Labute approximate surface area is 136 Å². The average molecular weight is 342 g/mol. The van der Waals surface area contributed by atoms with Crippen molar-refractivity contribution in [3.8, 4) is 0 Å². The lowest BCUT2D eigenvalue weighted by Crippen LogP contribution is -2.50. The number of carboxylic acids is 1. The van der Waals surface area contributed by atoms with Crippen LogP contribution < -0.4 is 0 Å². The number of methoxy groups -OCH3 is 1. The van der Waals surface area contributed by atoms with Crippen LogP contribution in [0.4, 0.5) is 0 Å². The summed E-state index contributed by atoms with van der Waals surface area (Å²) in [7, 11) is -2.16. The monoisotopic (exact) mass is 342 g/mol. The topological polar surface area (TPSA) is 96.8 Å². The summed E-state index contributed by atoms with van der Waals surface area (Å²) in [6.07, 6.45) is 4.23. The van der Waals surface area contributed by atoms with Crippen molar-refractivity contribution in [3.63, 3.8) is 0 Å². The number of carboxylic acid groups (broad SMARTS) is 1. The number of rotatable bonds is 7. The van der Waals surface area contributed by atoms with Crippen molar-refractivity contribution in [2.75, 3.05) is 20.3 Å². The highest BCUT2D eigenvalue weighted by molar-refractivity contribution is 7.89. The molecule has 0 bridgehead atoms. The minimum absolute atomic E-state index is 0.0148. The highest BCUT2D eigenvalue weighted by Crippen LogP contribution is 2.38. The van der Waals surface area contributed by atoms with Crippen LogP contribution in [0.25, 0.3) is 0 Å². The molecule has 23 heavy (non-hydrogen) atoms. The average Bonchev–Trinajstić information content (AvgIpc) is 2.92. The van der Waals surface area contributed by atoms with Crippen molar-refractivity contribution in [1.82, 2.24) is 9.29 Å². The molecule has 2 heterocycles. The fraction of sp³-hybridized carbons (Fsp3) is 0.600. The minimum Gasteiger partial charge on any atom is -0.477 e. The first-order chi connectivity index (χ1) is 10.9. The maximum Gasteiger partial charge on any atom is 0.354 e. The standard InChI is InChI=1S/C15H22N2O5S/c1-3-7-15(11-22-2)8-4-9-17(15)23(20,21)12-5-6-13(14(18)19)16-10-12/h5-6,10H,3-4,7-9,11H2,1-2H3,(H,18,19). The normalized spacial score (nSPS) is 22.3. The number of pyridine rings is 1. The molecule has 0 amide bonds. The zero-order valence-corrected chi connectivity index (χ0v) is 14.2. The lowest BCUT2D eigenvalue weighted by molar-refractivity contribution is 0.0689. The quantitative estimate of drug-likeness (QED) is 0.811. The van der Waals surface area contributed by atoms with Crippen LogP contribution in [0.1, 0.15) is 43.1 Å². The molecular formula is C15H22N2O5S. The summed E-state index contributed by atoms with van der Waals surface area (Å²) < 4.78 is 32.7. The second kappa shape index (κ2) is 6.94. The molecule has 0 aromatic carbocycles. The van der Waals surface area contributed by atoms with E-state index in [2.05, 4.69) is 4.98 Å². The minimum atomic E-state index is -3.74. The van der Waals surface area contributed by atoms with E-state index in [0.29, 0.717) is 13.2 Å². The van der Waals surface area contributed by atoms with Gasteiger partial charge in [-0.1, -0.05) is 13.3 Å². The summed E-state index contributed by atoms with van der Waals surface area (Å²) in [4.78, 5) is 14.6. The van der Waals surface area contributed by atoms with Gasteiger partial charge in [0.15, 0.2) is 0 Å². The molecule has 0 radical (unpaired) electrons. The van der Waals surface area contributed by atoms with Crippen molar-refractivity contribution >= 4 is 16.0 Å². The summed E-state index contributed by atoms with van der Waals surface area (Å²) in [5.41, 5.74) is -0.713. The molecule has 1 unspecified atom stereocenters. The Morgan fingerprint density at radius 1 is 1.48 bits per heavy atom. The van der Waals surface area contributed by atoms with E-state index in [-0.39, 0.29) is 10.6 Å². The van der Waals surface area contributed by atoms with Gasteiger partial charge in [0.1, 0.15) is 10.6 Å². The highest BCUT2D eigenvalue weighted by Gasteiger charge is 2.47. The van der Waals surface area contributed by atoms with Gasteiger partial charge in [-0.2, -0.15) is 4.31 Å². The number of aromatic nitrogens is 1. The molecule has 1 aromatic rings. The molecule has 1 atom stereocenters. The van der Waals surface area contributed by atoms with E-state index in [0.717, 1.165) is 31.9 Å². The predicted octanol–water partition coefficient (Wildman–Crippen LogP) is 1.75. The van der Waals surface area contributed by atoms with Crippen LogP contribution in [-0.2, 0) is 14.8 Å². The summed E-state index contributed by atoms with van der Waals surface area (Å²) in [6, 6.07) is 2.51. The summed E-state index contributed by atoms with van der Waals surface area (Å²) in [6.45, 7) is 2.80. The molecule has 1 aliphatic rings. The number of hydrogen-bond donors (Lipinski definition) is 1. The van der Waals surface area contributed by atoms with Crippen molar-refractivity contribution < 1.29 is 23.1 Å². The highest BCUT2D eigenvalue weighted by atomic mass is 32.2. The maximum atomic E-state index is 13.0. The third-order valence-electron chi connectivity index (χ3n) is 4.20. The molecule has 1 saturated heterocycles. The van der Waals surface area contributed by atoms with E-state index in [1.54, 1.807) is 7.11 Å². The lowest BCUT2D eigenvalue weighted by Gasteiger charge is -2.37. The molecule has 0 spiro atoms. The maximum absolute atomic E-state index is 13.0.